The number of hydrogen-bond donors (Lipinski definition) is 3. The minimum atomic E-state index is -1.01. The number of benzene rings is 3. The molecule has 3 aromatic carbocycles. The van der Waals surface area contributed by atoms with E-state index in [4.69, 9.17) is 4.42 Å². The van der Waals surface area contributed by atoms with Gasteiger partial charge < -0.3 is 14.8 Å². The van der Waals surface area contributed by atoms with Gasteiger partial charge in [0.1, 0.15) is 11.3 Å². The van der Waals surface area contributed by atoms with Crippen molar-refractivity contribution < 1.29 is 14.3 Å². The largest absolute Gasteiger partial charge is 0.478 e. The molecular formula is C30H27N3O4. The van der Waals surface area contributed by atoms with Crippen molar-refractivity contribution in [2.45, 2.75) is 33.7 Å². The molecule has 0 unspecified atom stereocenters. The van der Waals surface area contributed by atoms with Crippen LogP contribution in [0.2, 0.25) is 0 Å². The number of carbonyl (C=O) groups is 1. The first-order valence-corrected chi connectivity index (χ1v) is 12.0. The van der Waals surface area contributed by atoms with Gasteiger partial charge in [-0.05, 0) is 57.0 Å². The second-order valence-corrected chi connectivity index (χ2v) is 9.29. The lowest BCUT2D eigenvalue weighted by Gasteiger charge is -2.20. The average Bonchev–Trinajstić information content (AvgIpc) is 3.32. The van der Waals surface area contributed by atoms with Gasteiger partial charge in [-0.2, -0.15) is 5.10 Å². The summed E-state index contributed by atoms with van der Waals surface area (Å²) in [4.78, 5) is 25.2. The van der Waals surface area contributed by atoms with E-state index >= 15 is 0 Å². The number of hydrogen-bond acceptors (Lipinski definition) is 5. The normalized spacial score (nSPS) is 12.0. The zero-order valence-corrected chi connectivity index (χ0v) is 21.0. The number of aryl methyl sites for hydroxylation is 2. The fraction of sp³-hybridized carbons (Fsp3) is 0.167. The van der Waals surface area contributed by atoms with Crippen LogP contribution in [0.15, 0.2) is 76.1 Å². The molecule has 3 N–H and O–H groups in total. The Labute approximate surface area is 213 Å². The highest BCUT2D eigenvalue weighted by Crippen LogP contribution is 2.33. The van der Waals surface area contributed by atoms with E-state index in [-0.39, 0.29) is 17.0 Å². The summed E-state index contributed by atoms with van der Waals surface area (Å²) < 4.78 is 6.46. The van der Waals surface area contributed by atoms with Gasteiger partial charge >= 0.3 is 5.97 Å². The Kier molecular flexibility index (Phi) is 6.13. The number of carboxylic acid groups (broad SMARTS) is 1. The van der Waals surface area contributed by atoms with Crippen LogP contribution in [0.4, 0.5) is 5.69 Å². The van der Waals surface area contributed by atoms with Crippen LogP contribution in [0.25, 0.3) is 33.4 Å². The summed E-state index contributed by atoms with van der Waals surface area (Å²) in [5.74, 6) is -0.501. The summed E-state index contributed by atoms with van der Waals surface area (Å²) in [6.45, 7) is 7.58. The SMILES string of the molecule is Cc1cc([C@@H](C)Nc2ccccc2C(=O)O)c2oc(-c3ccc(-c4c[nH]nc4C)cc3)c(C)c(=O)c2c1. The number of anilines is 1. The first-order chi connectivity index (χ1) is 17.7. The highest BCUT2D eigenvalue weighted by molar-refractivity contribution is 5.94. The maximum atomic E-state index is 13.5. The quantitative estimate of drug-likeness (QED) is 0.244. The van der Waals surface area contributed by atoms with Gasteiger partial charge in [-0.3, -0.25) is 9.89 Å². The molecule has 0 fully saturated rings. The predicted molar refractivity (Wildman–Crippen MR) is 145 cm³/mol. The maximum absolute atomic E-state index is 13.5. The Morgan fingerprint density at radius 2 is 1.73 bits per heavy atom. The molecule has 7 nitrogen and oxygen atoms in total. The summed E-state index contributed by atoms with van der Waals surface area (Å²) in [7, 11) is 0. The topological polar surface area (TPSA) is 108 Å². The Hall–Kier alpha value is -4.65. The van der Waals surface area contributed by atoms with E-state index in [1.165, 1.54) is 0 Å². The van der Waals surface area contributed by atoms with Gasteiger partial charge in [0.15, 0.2) is 5.43 Å². The minimum Gasteiger partial charge on any atom is -0.478 e. The van der Waals surface area contributed by atoms with Gasteiger partial charge in [0.05, 0.1) is 22.7 Å². The average molecular weight is 494 g/mol. The van der Waals surface area contributed by atoms with E-state index in [0.29, 0.717) is 28.0 Å². The van der Waals surface area contributed by atoms with Gasteiger partial charge in [-0.1, -0.05) is 42.5 Å². The zero-order valence-electron chi connectivity index (χ0n) is 21.0. The number of aromatic nitrogens is 2. The molecule has 0 radical (unpaired) electrons. The van der Waals surface area contributed by atoms with Gasteiger partial charge in [-0.15, -0.1) is 0 Å². The molecule has 0 amide bonds. The lowest BCUT2D eigenvalue weighted by molar-refractivity contribution is 0.0698. The first-order valence-electron chi connectivity index (χ1n) is 12.0. The third kappa shape index (κ3) is 4.40. The van der Waals surface area contributed by atoms with Crippen LogP contribution < -0.4 is 10.7 Å². The van der Waals surface area contributed by atoms with E-state index in [9.17, 15) is 14.7 Å². The van der Waals surface area contributed by atoms with Crippen molar-refractivity contribution in [3.05, 3.63) is 105 Å². The maximum Gasteiger partial charge on any atom is 0.337 e. The van der Waals surface area contributed by atoms with Crippen molar-refractivity contribution >= 4 is 22.6 Å². The zero-order chi connectivity index (χ0) is 26.3. The molecule has 5 aromatic rings. The second-order valence-electron chi connectivity index (χ2n) is 9.29. The van der Waals surface area contributed by atoms with Gasteiger partial charge in [0.25, 0.3) is 0 Å². The molecule has 0 bridgehead atoms. The van der Waals surface area contributed by atoms with Crippen LogP contribution in [0, 0.1) is 20.8 Å². The number of para-hydroxylation sites is 1. The first kappa shape index (κ1) is 24.1. The van der Waals surface area contributed by atoms with Gasteiger partial charge in [-0.25, -0.2) is 4.79 Å². The monoisotopic (exact) mass is 493 g/mol. The second kappa shape index (κ2) is 9.43. The molecular weight excluding hydrogens is 466 g/mol. The van der Waals surface area contributed by atoms with Crippen molar-refractivity contribution in [1.82, 2.24) is 10.2 Å². The molecule has 0 saturated heterocycles. The molecule has 0 aliphatic carbocycles. The molecule has 5 rings (SSSR count). The van der Waals surface area contributed by atoms with Crippen LogP contribution in [0.1, 0.15) is 45.7 Å². The number of aromatic carboxylic acids is 1. The number of nitrogens with zero attached hydrogens (tertiary/aromatic N) is 1. The fourth-order valence-electron chi connectivity index (χ4n) is 4.72. The molecule has 186 valence electrons. The fourth-order valence-corrected chi connectivity index (χ4v) is 4.72. The number of rotatable bonds is 6. The molecule has 0 saturated carbocycles. The van der Waals surface area contributed by atoms with Crippen LogP contribution in [0.5, 0.6) is 0 Å². The van der Waals surface area contributed by atoms with Crippen molar-refractivity contribution in [3.8, 4) is 22.5 Å². The Bertz CT molecular complexity index is 1700. The summed E-state index contributed by atoms with van der Waals surface area (Å²) in [5, 5.41) is 20.5. The summed E-state index contributed by atoms with van der Waals surface area (Å²) >= 11 is 0. The third-order valence-corrected chi connectivity index (χ3v) is 6.68. The molecule has 2 aromatic heterocycles. The number of nitrogens with one attached hydrogen (secondary N) is 2. The summed E-state index contributed by atoms with van der Waals surface area (Å²) in [5.41, 5.74) is 7.04. The van der Waals surface area contributed by atoms with E-state index in [0.717, 1.165) is 33.5 Å². The third-order valence-electron chi connectivity index (χ3n) is 6.68. The van der Waals surface area contributed by atoms with E-state index in [1.54, 1.807) is 31.2 Å². The van der Waals surface area contributed by atoms with Crippen molar-refractivity contribution in [3.63, 3.8) is 0 Å². The van der Waals surface area contributed by atoms with Crippen molar-refractivity contribution in [2.24, 2.45) is 0 Å². The Morgan fingerprint density at radius 1 is 1.03 bits per heavy atom. The molecule has 0 aliphatic heterocycles. The van der Waals surface area contributed by atoms with Crippen LogP contribution in [-0.4, -0.2) is 21.3 Å². The molecule has 37 heavy (non-hydrogen) atoms. The van der Waals surface area contributed by atoms with E-state index in [1.807, 2.05) is 63.4 Å². The van der Waals surface area contributed by atoms with E-state index in [2.05, 4.69) is 15.5 Å². The van der Waals surface area contributed by atoms with Crippen LogP contribution in [0.3, 0.4) is 0 Å². The van der Waals surface area contributed by atoms with Crippen molar-refractivity contribution in [2.75, 3.05) is 5.32 Å². The van der Waals surface area contributed by atoms with Gasteiger partial charge in [0, 0.05) is 34.1 Å². The Balaban J connectivity index is 1.61. The number of aromatic amines is 1. The minimum absolute atomic E-state index is 0.0888. The molecule has 1 atom stereocenters. The number of H-pyrrole nitrogens is 1. The van der Waals surface area contributed by atoms with E-state index < -0.39 is 5.97 Å². The molecule has 7 heteroatoms. The summed E-state index contributed by atoms with van der Waals surface area (Å²) in [6, 6.07) is 18.1. The predicted octanol–water partition coefficient (Wildman–Crippen LogP) is 6.65. The Morgan fingerprint density at radius 3 is 2.41 bits per heavy atom. The smallest absolute Gasteiger partial charge is 0.337 e. The summed E-state index contributed by atoms with van der Waals surface area (Å²) in [6.07, 6.45) is 1.86. The highest BCUT2D eigenvalue weighted by atomic mass is 16.4. The standard InChI is InChI=1S/C30H27N3O4/c1-16-13-23(18(3)32-26-8-6-5-7-22(26)30(35)36)29-24(14-16)27(34)17(2)28(37-29)21-11-9-20(10-12-21)25-15-31-33-19(25)4/h5-15,18,32H,1-4H3,(H,31,33)(H,35,36)/t18-/m1/s1. The lowest BCUT2D eigenvalue weighted by atomic mass is 9.98. The number of fused-ring (bicyclic) bond motifs is 1. The molecule has 0 spiro atoms. The highest BCUT2D eigenvalue weighted by Gasteiger charge is 2.20. The lowest BCUT2D eigenvalue weighted by Crippen LogP contribution is -2.14. The number of carboxylic acids is 1. The van der Waals surface area contributed by atoms with Crippen LogP contribution in [-0.2, 0) is 0 Å². The van der Waals surface area contributed by atoms with Crippen LogP contribution >= 0.6 is 0 Å². The van der Waals surface area contributed by atoms with Gasteiger partial charge in [0.2, 0.25) is 0 Å². The van der Waals surface area contributed by atoms with Crippen molar-refractivity contribution in [1.29, 1.82) is 0 Å². The molecule has 0 aliphatic rings. The molecule has 2 heterocycles.